The molecule has 0 aromatic carbocycles. The second-order valence-electron chi connectivity index (χ2n) is 5.74. The summed E-state index contributed by atoms with van der Waals surface area (Å²) in [4.78, 5) is 28.2. The van der Waals surface area contributed by atoms with Crippen molar-refractivity contribution in [3.8, 4) is 0 Å². The second kappa shape index (κ2) is 7.17. The van der Waals surface area contributed by atoms with Gasteiger partial charge in [0, 0.05) is 30.9 Å². The summed E-state index contributed by atoms with van der Waals surface area (Å²) in [5, 5.41) is 7.16. The summed E-state index contributed by atoms with van der Waals surface area (Å²) in [5.41, 5.74) is 2.72. The molecule has 2 aromatic heterocycles. The van der Waals surface area contributed by atoms with Crippen molar-refractivity contribution in [2.24, 2.45) is 0 Å². The van der Waals surface area contributed by atoms with E-state index in [4.69, 9.17) is 0 Å². The maximum absolute atomic E-state index is 12.0. The minimum Gasteiger partial charge on any atom is -0.354 e. The standard InChI is InChI=1S/C17H20N4O2/c22-16(19-10-8-14-6-3-4-9-18-14)12-21-17(23)11-13-5-1-2-7-15(13)20-21/h3-4,6,9,11H,1-2,5,7-8,10,12H2,(H,19,22). The summed E-state index contributed by atoms with van der Waals surface area (Å²) in [6.07, 6.45) is 6.39. The van der Waals surface area contributed by atoms with E-state index in [1.165, 1.54) is 4.68 Å². The number of nitrogens with zero attached hydrogens (tertiary/aromatic N) is 3. The third-order valence-corrected chi connectivity index (χ3v) is 4.00. The molecule has 0 saturated heterocycles. The molecule has 1 N–H and O–H groups in total. The molecule has 0 fully saturated rings. The first-order valence-corrected chi connectivity index (χ1v) is 7.99. The number of carbonyl (C=O) groups is 1. The molecule has 1 aliphatic rings. The topological polar surface area (TPSA) is 76.9 Å². The van der Waals surface area contributed by atoms with E-state index in [1.807, 2.05) is 18.2 Å². The third-order valence-electron chi connectivity index (χ3n) is 4.00. The molecular weight excluding hydrogens is 292 g/mol. The molecule has 0 unspecified atom stereocenters. The predicted octanol–water partition coefficient (Wildman–Crippen LogP) is 0.876. The molecule has 1 aliphatic carbocycles. The average molecular weight is 312 g/mol. The Morgan fingerprint density at radius 1 is 1.26 bits per heavy atom. The van der Waals surface area contributed by atoms with Crippen molar-refractivity contribution in [2.45, 2.75) is 38.6 Å². The van der Waals surface area contributed by atoms with E-state index in [2.05, 4.69) is 15.4 Å². The molecular formula is C17H20N4O2. The minimum atomic E-state index is -0.203. The number of aryl methyl sites for hydroxylation is 2. The van der Waals surface area contributed by atoms with E-state index >= 15 is 0 Å². The van der Waals surface area contributed by atoms with Crippen molar-refractivity contribution >= 4 is 5.91 Å². The average Bonchev–Trinajstić information content (AvgIpc) is 2.56. The van der Waals surface area contributed by atoms with Gasteiger partial charge >= 0.3 is 0 Å². The number of amides is 1. The fraction of sp³-hybridized carbons (Fsp3) is 0.412. The first kappa shape index (κ1) is 15.4. The minimum absolute atomic E-state index is 0.0334. The maximum Gasteiger partial charge on any atom is 0.267 e. The lowest BCUT2D eigenvalue weighted by Crippen LogP contribution is -2.35. The summed E-state index contributed by atoms with van der Waals surface area (Å²) in [6, 6.07) is 7.32. The number of hydrogen-bond acceptors (Lipinski definition) is 4. The van der Waals surface area contributed by atoms with Crippen molar-refractivity contribution in [1.82, 2.24) is 20.1 Å². The van der Waals surface area contributed by atoms with Gasteiger partial charge in [-0.1, -0.05) is 6.07 Å². The molecule has 6 nitrogen and oxygen atoms in total. The molecule has 23 heavy (non-hydrogen) atoms. The van der Waals surface area contributed by atoms with Gasteiger partial charge in [0.15, 0.2) is 0 Å². The molecule has 0 radical (unpaired) electrons. The van der Waals surface area contributed by atoms with Gasteiger partial charge in [-0.2, -0.15) is 5.10 Å². The van der Waals surface area contributed by atoms with Crippen LogP contribution in [0.25, 0.3) is 0 Å². The highest BCUT2D eigenvalue weighted by Crippen LogP contribution is 2.16. The largest absolute Gasteiger partial charge is 0.354 e. The van der Waals surface area contributed by atoms with Gasteiger partial charge in [0.05, 0.1) is 5.69 Å². The Bertz CT molecular complexity index is 740. The van der Waals surface area contributed by atoms with Gasteiger partial charge in [0.2, 0.25) is 5.91 Å². The number of aromatic nitrogens is 3. The highest BCUT2D eigenvalue weighted by molar-refractivity contribution is 5.75. The van der Waals surface area contributed by atoms with Crippen LogP contribution >= 0.6 is 0 Å². The summed E-state index contributed by atoms with van der Waals surface area (Å²) >= 11 is 0. The van der Waals surface area contributed by atoms with Crippen LogP contribution in [0, 0.1) is 0 Å². The maximum atomic E-state index is 12.0. The summed E-state index contributed by atoms with van der Waals surface area (Å²) in [7, 11) is 0. The third kappa shape index (κ3) is 4.03. The van der Waals surface area contributed by atoms with E-state index < -0.39 is 0 Å². The zero-order chi connectivity index (χ0) is 16.1. The molecule has 0 bridgehead atoms. The van der Waals surface area contributed by atoms with Crippen molar-refractivity contribution in [3.63, 3.8) is 0 Å². The van der Waals surface area contributed by atoms with Gasteiger partial charge in [-0.15, -0.1) is 0 Å². The van der Waals surface area contributed by atoms with Gasteiger partial charge in [-0.3, -0.25) is 14.6 Å². The van der Waals surface area contributed by atoms with Crippen LogP contribution in [0.3, 0.4) is 0 Å². The summed E-state index contributed by atoms with van der Waals surface area (Å²) in [6.45, 7) is 0.462. The first-order chi connectivity index (χ1) is 11.2. The number of fused-ring (bicyclic) bond motifs is 1. The molecule has 120 valence electrons. The zero-order valence-electron chi connectivity index (χ0n) is 13.0. The van der Waals surface area contributed by atoms with Crippen LogP contribution in [0.4, 0.5) is 0 Å². The molecule has 6 heteroatoms. The van der Waals surface area contributed by atoms with Gasteiger partial charge in [-0.25, -0.2) is 4.68 Å². The Morgan fingerprint density at radius 3 is 2.96 bits per heavy atom. The van der Waals surface area contributed by atoms with Crippen LogP contribution in [-0.4, -0.2) is 27.2 Å². The van der Waals surface area contributed by atoms with Gasteiger partial charge in [0.25, 0.3) is 5.56 Å². The molecule has 0 saturated carbocycles. The first-order valence-electron chi connectivity index (χ1n) is 7.99. The number of carbonyl (C=O) groups excluding carboxylic acids is 1. The fourth-order valence-electron chi connectivity index (χ4n) is 2.78. The molecule has 2 aromatic rings. The number of pyridine rings is 1. The Morgan fingerprint density at radius 2 is 2.13 bits per heavy atom. The van der Waals surface area contributed by atoms with Crippen LogP contribution < -0.4 is 10.9 Å². The van der Waals surface area contributed by atoms with E-state index in [9.17, 15) is 9.59 Å². The number of nitrogens with one attached hydrogen (secondary N) is 1. The van der Waals surface area contributed by atoms with Gasteiger partial charge in [-0.05, 0) is 43.4 Å². The van der Waals surface area contributed by atoms with Gasteiger partial charge in [0.1, 0.15) is 6.54 Å². The normalized spacial score (nSPS) is 13.4. The molecule has 0 atom stereocenters. The lowest BCUT2D eigenvalue weighted by molar-refractivity contribution is -0.121. The Balaban J connectivity index is 1.56. The fourth-order valence-corrected chi connectivity index (χ4v) is 2.78. The number of hydrogen-bond donors (Lipinski definition) is 1. The lowest BCUT2D eigenvalue weighted by Gasteiger charge is -2.15. The summed E-state index contributed by atoms with van der Waals surface area (Å²) in [5.74, 6) is -0.203. The van der Waals surface area contributed by atoms with E-state index in [0.29, 0.717) is 13.0 Å². The Kier molecular flexibility index (Phi) is 4.80. The van der Waals surface area contributed by atoms with Crippen LogP contribution in [0.5, 0.6) is 0 Å². The summed E-state index contributed by atoms with van der Waals surface area (Å²) < 4.78 is 1.26. The van der Waals surface area contributed by atoms with Crippen LogP contribution in [-0.2, 0) is 30.6 Å². The van der Waals surface area contributed by atoms with Crippen molar-refractivity contribution in [2.75, 3.05) is 6.54 Å². The smallest absolute Gasteiger partial charge is 0.267 e. The Labute approximate surface area is 134 Å². The van der Waals surface area contributed by atoms with Crippen molar-refractivity contribution in [3.05, 3.63) is 57.8 Å². The number of rotatable bonds is 5. The lowest BCUT2D eigenvalue weighted by atomic mass is 9.97. The highest BCUT2D eigenvalue weighted by Gasteiger charge is 2.14. The Hall–Kier alpha value is -2.50. The highest BCUT2D eigenvalue weighted by atomic mass is 16.2. The van der Waals surface area contributed by atoms with Gasteiger partial charge < -0.3 is 5.32 Å². The van der Waals surface area contributed by atoms with E-state index in [-0.39, 0.29) is 18.0 Å². The molecule has 2 heterocycles. The van der Waals surface area contributed by atoms with Crippen LogP contribution in [0.1, 0.15) is 29.8 Å². The van der Waals surface area contributed by atoms with Crippen LogP contribution in [0.15, 0.2) is 35.3 Å². The molecule has 1 amide bonds. The quantitative estimate of drug-likeness (QED) is 0.889. The van der Waals surface area contributed by atoms with Crippen LogP contribution in [0.2, 0.25) is 0 Å². The van der Waals surface area contributed by atoms with E-state index in [0.717, 1.165) is 42.6 Å². The molecule has 0 spiro atoms. The zero-order valence-corrected chi connectivity index (χ0v) is 13.0. The van der Waals surface area contributed by atoms with Crippen molar-refractivity contribution < 1.29 is 4.79 Å². The monoisotopic (exact) mass is 312 g/mol. The SMILES string of the molecule is O=C(Cn1nc2c(cc1=O)CCCC2)NCCc1ccccn1. The van der Waals surface area contributed by atoms with E-state index in [1.54, 1.807) is 12.3 Å². The molecule has 3 rings (SSSR count). The van der Waals surface area contributed by atoms with Crippen molar-refractivity contribution in [1.29, 1.82) is 0 Å². The second-order valence-corrected chi connectivity index (χ2v) is 5.74. The molecule has 0 aliphatic heterocycles. The predicted molar refractivity (Wildman–Crippen MR) is 86.1 cm³/mol.